The van der Waals surface area contributed by atoms with Crippen molar-refractivity contribution in [2.75, 3.05) is 10.6 Å². The lowest BCUT2D eigenvalue weighted by molar-refractivity contribution is -0.123. The van der Waals surface area contributed by atoms with E-state index in [2.05, 4.69) is 24.5 Å². The van der Waals surface area contributed by atoms with Crippen LogP contribution in [-0.4, -0.2) is 11.8 Å². The molecule has 2 amide bonds. The minimum absolute atomic E-state index is 0.205. The zero-order valence-electron chi connectivity index (χ0n) is 15.3. The van der Waals surface area contributed by atoms with E-state index in [0.29, 0.717) is 11.6 Å². The second-order valence-electron chi connectivity index (χ2n) is 6.51. The highest BCUT2D eigenvalue weighted by Crippen LogP contribution is 2.21. The summed E-state index contributed by atoms with van der Waals surface area (Å²) >= 11 is 0. The molecule has 0 atom stereocenters. The molecule has 0 fully saturated rings. The standard InChI is InChI=1S/C21H26N2O2/c1-5-16-8-6-7-15(4)21(16)23-20(25)13-19(24)22-18-11-9-17(10-12-18)14(2)3/h6-12,14H,5,13H2,1-4H3,(H,22,24)(H,23,25). The number of carbonyl (C=O) groups is 2. The summed E-state index contributed by atoms with van der Waals surface area (Å²) in [6.45, 7) is 8.23. The van der Waals surface area contributed by atoms with E-state index < -0.39 is 0 Å². The average molecular weight is 338 g/mol. The van der Waals surface area contributed by atoms with Crippen molar-refractivity contribution in [3.8, 4) is 0 Å². The van der Waals surface area contributed by atoms with Gasteiger partial charge in [0.05, 0.1) is 0 Å². The van der Waals surface area contributed by atoms with Crippen molar-refractivity contribution >= 4 is 23.2 Å². The van der Waals surface area contributed by atoms with Crippen LogP contribution in [0.5, 0.6) is 0 Å². The Morgan fingerprint density at radius 1 is 0.960 bits per heavy atom. The van der Waals surface area contributed by atoms with Crippen LogP contribution in [0.25, 0.3) is 0 Å². The molecule has 0 radical (unpaired) electrons. The van der Waals surface area contributed by atoms with Crippen LogP contribution in [0, 0.1) is 6.92 Å². The third-order valence-electron chi connectivity index (χ3n) is 4.19. The molecule has 0 aliphatic heterocycles. The van der Waals surface area contributed by atoms with Gasteiger partial charge in [-0.25, -0.2) is 0 Å². The maximum atomic E-state index is 12.2. The average Bonchev–Trinajstić information content (AvgIpc) is 2.57. The van der Waals surface area contributed by atoms with E-state index in [-0.39, 0.29) is 18.2 Å². The molecule has 0 aliphatic carbocycles. The normalized spacial score (nSPS) is 10.6. The zero-order chi connectivity index (χ0) is 18.4. The summed E-state index contributed by atoms with van der Waals surface area (Å²) in [6.07, 6.45) is 0.620. The number of hydrogen-bond acceptors (Lipinski definition) is 2. The number of benzene rings is 2. The summed E-state index contributed by atoms with van der Waals surface area (Å²) in [5.74, 6) is -0.181. The summed E-state index contributed by atoms with van der Waals surface area (Å²) in [7, 11) is 0. The predicted molar refractivity (Wildman–Crippen MR) is 103 cm³/mol. The molecule has 132 valence electrons. The first-order chi connectivity index (χ1) is 11.9. The van der Waals surface area contributed by atoms with E-state index in [1.165, 1.54) is 5.56 Å². The summed E-state index contributed by atoms with van der Waals surface area (Å²) in [5.41, 5.74) is 4.79. The van der Waals surface area contributed by atoms with Gasteiger partial charge in [0.1, 0.15) is 6.42 Å². The third kappa shape index (κ3) is 5.18. The molecule has 2 aromatic carbocycles. The smallest absolute Gasteiger partial charge is 0.233 e. The molecular formula is C21H26N2O2. The van der Waals surface area contributed by atoms with Gasteiger partial charge in [-0.15, -0.1) is 0 Å². The Labute approximate surface area is 149 Å². The second kappa shape index (κ2) is 8.47. The molecule has 0 unspecified atom stereocenters. The maximum absolute atomic E-state index is 12.2. The van der Waals surface area contributed by atoms with Crippen LogP contribution in [0.2, 0.25) is 0 Å². The van der Waals surface area contributed by atoms with E-state index >= 15 is 0 Å². The molecule has 0 saturated carbocycles. The second-order valence-corrected chi connectivity index (χ2v) is 6.51. The molecule has 25 heavy (non-hydrogen) atoms. The van der Waals surface area contributed by atoms with Crippen LogP contribution < -0.4 is 10.6 Å². The van der Waals surface area contributed by atoms with Crippen molar-refractivity contribution in [3.63, 3.8) is 0 Å². The SMILES string of the molecule is CCc1cccc(C)c1NC(=O)CC(=O)Nc1ccc(C(C)C)cc1. The molecular weight excluding hydrogens is 312 g/mol. The first kappa shape index (κ1) is 18.7. The molecule has 0 saturated heterocycles. The largest absolute Gasteiger partial charge is 0.326 e. The van der Waals surface area contributed by atoms with E-state index in [1.54, 1.807) is 0 Å². The number of anilines is 2. The minimum atomic E-state index is -0.318. The lowest BCUT2D eigenvalue weighted by Gasteiger charge is -2.13. The van der Waals surface area contributed by atoms with E-state index in [0.717, 1.165) is 23.2 Å². The van der Waals surface area contributed by atoms with Crippen molar-refractivity contribution in [2.45, 2.75) is 46.5 Å². The summed E-state index contributed by atoms with van der Waals surface area (Å²) < 4.78 is 0. The lowest BCUT2D eigenvalue weighted by Crippen LogP contribution is -2.22. The molecule has 0 bridgehead atoms. The summed E-state index contributed by atoms with van der Waals surface area (Å²) in [5, 5.41) is 5.64. The number of nitrogens with one attached hydrogen (secondary N) is 2. The van der Waals surface area contributed by atoms with Gasteiger partial charge in [-0.3, -0.25) is 9.59 Å². The molecule has 0 spiro atoms. The van der Waals surface area contributed by atoms with Gasteiger partial charge in [0.2, 0.25) is 11.8 Å². The van der Waals surface area contributed by atoms with E-state index in [4.69, 9.17) is 0 Å². The fourth-order valence-electron chi connectivity index (χ4n) is 2.69. The quantitative estimate of drug-likeness (QED) is 0.753. The molecule has 2 N–H and O–H groups in total. The first-order valence-electron chi connectivity index (χ1n) is 8.68. The highest BCUT2D eigenvalue weighted by molar-refractivity contribution is 6.08. The number of aryl methyl sites for hydroxylation is 2. The van der Waals surface area contributed by atoms with Crippen LogP contribution in [0.4, 0.5) is 11.4 Å². The minimum Gasteiger partial charge on any atom is -0.326 e. The molecule has 2 rings (SSSR count). The van der Waals surface area contributed by atoms with Crippen molar-refractivity contribution in [1.82, 2.24) is 0 Å². The van der Waals surface area contributed by atoms with Gasteiger partial charge in [0.15, 0.2) is 0 Å². The Hall–Kier alpha value is -2.62. The third-order valence-corrected chi connectivity index (χ3v) is 4.19. The fraction of sp³-hybridized carbons (Fsp3) is 0.333. The Morgan fingerprint density at radius 2 is 1.60 bits per heavy atom. The fourth-order valence-corrected chi connectivity index (χ4v) is 2.69. The van der Waals surface area contributed by atoms with Crippen LogP contribution in [0.1, 0.15) is 49.8 Å². The van der Waals surface area contributed by atoms with E-state index in [1.807, 2.05) is 56.3 Å². The number of rotatable bonds is 6. The highest BCUT2D eigenvalue weighted by atomic mass is 16.2. The highest BCUT2D eigenvalue weighted by Gasteiger charge is 2.13. The van der Waals surface area contributed by atoms with Gasteiger partial charge in [-0.1, -0.05) is 51.1 Å². The lowest BCUT2D eigenvalue weighted by atomic mass is 10.0. The molecule has 0 heterocycles. The van der Waals surface area contributed by atoms with Crippen LogP contribution in [0.15, 0.2) is 42.5 Å². The van der Waals surface area contributed by atoms with Gasteiger partial charge in [-0.2, -0.15) is 0 Å². The number of carbonyl (C=O) groups excluding carboxylic acids is 2. The molecule has 0 aliphatic rings. The van der Waals surface area contributed by atoms with Crippen LogP contribution in [0.3, 0.4) is 0 Å². The van der Waals surface area contributed by atoms with Crippen LogP contribution >= 0.6 is 0 Å². The predicted octanol–water partition coefficient (Wildman–Crippen LogP) is 4.65. The monoisotopic (exact) mass is 338 g/mol. The van der Waals surface area contributed by atoms with Gasteiger partial charge in [-0.05, 0) is 48.1 Å². The van der Waals surface area contributed by atoms with Crippen molar-refractivity contribution in [1.29, 1.82) is 0 Å². The first-order valence-corrected chi connectivity index (χ1v) is 8.68. The van der Waals surface area contributed by atoms with Crippen molar-refractivity contribution in [3.05, 3.63) is 59.2 Å². The van der Waals surface area contributed by atoms with Crippen LogP contribution in [-0.2, 0) is 16.0 Å². The number of hydrogen-bond donors (Lipinski definition) is 2. The van der Waals surface area contributed by atoms with Gasteiger partial charge >= 0.3 is 0 Å². The maximum Gasteiger partial charge on any atom is 0.233 e. The Kier molecular flexibility index (Phi) is 6.34. The van der Waals surface area contributed by atoms with Crippen molar-refractivity contribution < 1.29 is 9.59 Å². The molecule has 4 heteroatoms. The molecule has 2 aromatic rings. The number of amides is 2. The summed E-state index contributed by atoms with van der Waals surface area (Å²) in [6, 6.07) is 13.6. The Balaban J connectivity index is 1.95. The van der Waals surface area contributed by atoms with Gasteiger partial charge in [0.25, 0.3) is 0 Å². The van der Waals surface area contributed by atoms with Crippen molar-refractivity contribution in [2.24, 2.45) is 0 Å². The summed E-state index contributed by atoms with van der Waals surface area (Å²) in [4.78, 5) is 24.3. The number of para-hydroxylation sites is 1. The molecule has 4 nitrogen and oxygen atoms in total. The van der Waals surface area contributed by atoms with E-state index in [9.17, 15) is 9.59 Å². The van der Waals surface area contributed by atoms with Gasteiger partial charge < -0.3 is 10.6 Å². The Bertz CT molecular complexity index is 749. The zero-order valence-corrected chi connectivity index (χ0v) is 15.3. The van der Waals surface area contributed by atoms with Gasteiger partial charge in [0, 0.05) is 11.4 Å². The topological polar surface area (TPSA) is 58.2 Å². The molecule has 0 aromatic heterocycles. The Morgan fingerprint density at radius 3 is 2.20 bits per heavy atom.